The van der Waals surface area contributed by atoms with Crippen molar-refractivity contribution < 1.29 is 27.4 Å². The molecule has 0 aliphatic carbocycles. The van der Waals surface area contributed by atoms with E-state index < -0.39 is 11.7 Å². The summed E-state index contributed by atoms with van der Waals surface area (Å²) < 4.78 is 48.0. The Balaban J connectivity index is 1.48. The highest BCUT2D eigenvalue weighted by Crippen LogP contribution is 2.29. The third kappa shape index (κ3) is 4.16. The molecule has 0 bridgehead atoms. The van der Waals surface area contributed by atoms with Crippen LogP contribution in [-0.4, -0.2) is 42.2 Å². The zero-order valence-electron chi connectivity index (χ0n) is 13.8. The van der Waals surface area contributed by atoms with Gasteiger partial charge in [-0.3, -0.25) is 0 Å². The number of benzene rings is 1. The van der Waals surface area contributed by atoms with Gasteiger partial charge in [0.05, 0.1) is 25.8 Å². The fourth-order valence-electron chi connectivity index (χ4n) is 2.37. The highest BCUT2D eigenvalue weighted by molar-refractivity contribution is 5.90. The van der Waals surface area contributed by atoms with Gasteiger partial charge in [-0.2, -0.15) is 13.2 Å². The lowest BCUT2D eigenvalue weighted by Crippen LogP contribution is -2.57. The summed E-state index contributed by atoms with van der Waals surface area (Å²) >= 11 is 0. The largest absolute Gasteiger partial charge is 0.497 e. The van der Waals surface area contributed by atoms with Gasteiger partial charge in [-0.1, -0.05) is 6.07 Å². The Kier molecular flexibility index (Phi) is 4.88. The van der Waals surface area contributed by atoms with Gasteiger partial charge >= 0.3 is 12.2 Å². The third-order valence-electron chi connectivity index (χ3n) is 3.81. The van der Waals surface area contributed by atoms with Crippen molar-refractivity contribution in [2.75, 3.05) is 25.5 Å². The van der Waals surface area contributed by atoms with Crippen molar-refractivity contribution in [1.82, 2.24) is 9.88 Å². The minimum absolute atomic E-state index is 0.0934. The van der Waals surface area contributed by atoms with Crippen LogP contribution in [0.1, 0.15) is 5.56 Å². The predicted molar refractivity (Wildman–Crippen MR) is 87.2 cm³/mol. The minimum Gasteiger partial charge on any atom is -0.497 e. The van der Waals surface area contributed by atoms with E-state index in [4.69, 9.17) is 9.47 Å². The number of carbonyl (C=O) groups excluding carboxylic acids is 1. The summed E-state index contributed by atoms with van der Waals surface area (Å²) in [5.41, 5.74) is -0.235. The Morgan fingerprint density at radius 1 is 1.27 bits per heavy atom. The number of methoxy groups -OCH3 is 1. The molecular formula is C17H16F3N3O3. The molecule has 6 nitrogen and oxygen atoms in total. The summed E-state index contributed by atoms with van der Waals surface area (Å²) in [5, 5.41) is 2.74. The number of carbonyl (C=O) groups is 1. The summed E-state index contributed by atoms with van der Waals surface area (Å²) in [5.74, 6) is 0.719. The number of rotatable bonds is 4. The summed E-state index contributed by atoms with van der Waals surface area (Å²) in [6, 6.07) is 8.74. The number of nitrogens with one attached hydrogen (secondary N) is 1. The molecule has 1 aromatic carbocycles. The van der Waals surface area contributed by atoms with Crippen LogP contribution in [0, 0.1) is 0 Å². The molecule has 1 N–H and O–H groups in total. The van der Waals surface area contributed by atoms with Crippen LogP contribution in [0.4, 0.5) is 23.7 Å². The molecule has 3 rings (SSSR count). The van der Waals surface area contributed by atoms with Crippen LogP contribution in [0.25, 0.3) is 0 Å². The molecule has 2 aromatic rings. The number of urea groups is 1. The van der Waals surface area contributed by atoms with Gasteiger partial charge in [0.1, 0.15) is 11.9 Å². The summed E-state index contributed by atoms with van der Waals surface area (Å²) in [4.78, 5) is 17.3. The van der Waals surface area contributed by atoms with Crippen molar-refractivity contribution in [3.63, 3.8) is 0 Å². The van der Waals surface area contributed by atoms with E-state index in [1.807, 2.05) is 0 Å². The van der Waals surface area contributed by atoms with Crippen molar-refractivity contribution in [3.8, 4) is 11.6 Å². The van der Waals surface area contributed by atoms with E-state index in [1.165, 1.54) is 18.1 Å². The first-order valence-corrected chi connectivity index (χ1v) is 7.75. The quantitative estimate of drug-likeness (QED) is 0.900. The number of likely N-dealkylation sites (tertiary alicyclic amines) is 1. The first-order chi connectivity index (χ1) is 12.3. The fourth-order valence-corrected chi connectivity index (χ4v) is 2.37. The second-order valence-corrected chi connectivity index (χ2v) is 5.69. The van der Waals surface area contributed by atoms with Crippen LogP contribution in [0.5, 0.6) is 11.6 Å². The molecule has 0 spiro atoms. The fraction of sp³-hybridized carbons (Fsp3) is 0.294. The predicted octanol–water partition coefficient (Wildman–Crippen LogP) is 3.40. The lowest BCUT2D eigenvalue weighted by molar-refractivity contribution is -0.137. The van der Waals surface area contributed by atoms with E-state index in [0.29, 0.717) is 24.5 Å². The van der Waals surface area contributed by atoms with E-state index in [0.717, 1.165) is 12.3 Å². The van der Waals surface area contributed by atoms with Gasteiger partial charge in [0.15, 0.2) is 0 Å². The van der Waals surface area contributed by atoms with E-state index in [2.05, 4.69) is 10.3 Å². The van der Waals surface area contributed by atoms with E-state index in [1.54, 1.807) is 24.3 Å². The number of anilines is 1. The number of pyridine rings is 1. The lowest BCUT2D eigenvalue weighted by atomic mass is 10.2. The number of aromatic nitrogens is 1. The lowest BCUT2D eigenvalue weighted by Gasteiger charge is -2.38. The Bertz CT molecular complexity index is 775. The van der Waals surface area contributed by atoms with E-state index >= 15 is 0 Å². The molecule has 1 aliphatic heterocycles. The molecule has 1 aromatic heterocycles. The molecule has 1 saturated heterocycles. The summed E-state index contributed by atoms with van der Waals surface area (Å²) in [7, 11) is 1.54. The minimum atomic E-state index is -4.43. The SMILES string of the molecule is COc1cccc(NC(=O)N2CC(Oc3ccc(C(F)(F)F)cn3)C2)c1. The van der Waals surface area contributed by atoms with Gasteiger partial charge < -0.3 is 19.7 Å². The third-order valence-corrected chi connectivity index (χ3v) is 3.81. The second-order valence-electron chi connectivity index (χ2n) is 5.69. The van der Waals surface area contributed by atoms with Gasteiger partial charge in [0.2, 0.25) is 5.88 Å². The number of halogens is 3. The van der Waals surface area contributed by atoms with Gasteiger partial charge in [0.25, 0.3) is 0 Å². The molecule has 2 amide bonds. The zero-order valence-corrected chi connectivity index (χ0v) is 13.8. The van der Waals surface area contributed by atoms with Gasteiger partial charge in [-0.25, -0.2) is 9.78 Å². The van der Waals surface area contributed by atoms with Crippen LogP contribution in [0.15, 0.2) is 42.6 Å². The Morgan fingerprint density at radius 3 is 2.65 bits per heavy atom. The average molecular weight is 367 g/mol. The second kappa shape index (κ2) is 7.11. The smallest absolute Gasteiger partial charge is 0.417 e. The topological polar surface area (TPSA) is 63.7 Å². The van der Waals surface area contributed by atoms with Crippen molar-refractivity contribution in [2.24, 2.45) is 0 Å². The maximum Gasteiger partial charge on any atom is 0.417 e. The van der Waals surface area contributed by atoms with Crippen LogP contribution < -0.4 is 14.8 Å². The van der Waals surface area contributed by atoms with E-state index in [-0.39, 0.29) is 18.0 Å². The highest BCUT2D eigenvalue weighted by atomic mass is 19.4. The summed E-state index contributed by atoms with van der Waals surface area (Å²) in [6.07, 6.45) is -4.02. The van der Waals surface area contributed by atoms with E-state index in [9.17, 15) is 18.0 Å². The first kappa shape index (κ1) is 17.8. The standard InChI is InChI=1S/C17H16F3N3O3/c1-25-13-4-2-3-12(7-13)22-16(24)23-9-14(10-23)26-15-6-5-11(8-21-15)17(18,19)20/h2-8,14H,9-10H2,1H3,(H,22,24). The zero-order chi connectivity index (χ0) is 18.7. The molecule has 138 valence electrons. The maximum atomic E-state index is 12.5. The van der Waals surface area contributed by atoms with Gasteiger partial charge in [0, 0.05) is 24.0 Å². The molecule has 0 saturated carbocycles. The molecule has 26 heavy (non-hydrogen) atoms. The normalized spacial score (nSPS) is 14.5. The number of hydrogen-bond donors (Lipinski definition) is 1. The molecule has 2 heterocycles. The van der Waals surface area contributed by atoms with Crippen molar-refractivity contribution in [3.05, 3.63) is 48.2 Å². The van der Waals surface area contributed by atoms with Gasteiger partial charge in [-0.15, -0.1) is 0 Å². The molecule has 0 atom stereocenters. The Morgan fingerprint density at radius 2 is 2.04 bits per heavy atom. The number of nitrogens with zero attached hydrogens (tertiary/aromatic N) is 2. The summed E-state index contributed by atoms with van der Waals surface area (Å²) in [6.45, 7) is 0.636. The van der Waals surface area contributed by atoms with Crippen molar-refractivity contribution >= 4 is 11.7 Å². The first-order valence-electron chi connectivity index (χ1n) is 7.75. The number of alkyl halides is 3. The molecular weight excluding hydrogens is 351 g/mol. The number of hydrogen-bond acceptors (Lipinski definition) is 4. The molecule has 0 radical (unpaired) electrons. The number of ether oxygens (including phenoxy) is 2. The molecule has 9 heteroatoms. The van der Waals surface area contributed by atoms with Gasteiger partial charge in [-0.05, 0) is 18.2 Å². The maximum absolute atomic E-state index is 12.5. The van der Waals surface area contributed by atoms with Crippen LogP contribution in [0.3, 0.4) is 0 Å². The van der Waals surface area contributed by atoms with Crippen molar-refractivity contribution in [2.45, 2.75) is 12.3 Å². The molecule has 1 aliphatic rings. The number of amides is 2. The monoisotopic (exact) mass is 367 g/mol. The Hall–Kier alpha value is -2.97. The Labute approximate surface area is 147 Å². The molecule has 0 unspecified atom stereocenters. The van der Waals surface area contributed by atoms with Crippen molar-refractivity contribution in [1.29, 1.82) is 0 Å². The van der Waals surface area contributed by atoms with Crippen LogP contribution >= 0.6 is 0 Å². The van der Waals surface area contributed by atoms with Crippen LogP contribution in [-0.2, 0) is 6.18 Å². The highest BCUT2D eigenvalue weighted by Gasteiger charge is 2.34. The van der Waals surface area contributed by atoms with Crippen LogP contribution in [0.2, 0.25) is 0 Å². The molecule has 1 fully saturated rings. The average Bonchev–Trinajstić information content (AvgIpc) is 2.57.